The lowest BCUT2D eigenvalue weighted by Crippen LogP contribution is -2.44. The predicted octanol–water partition coefficient (Wildman–Crippen LogP) is 3.42. The van der Waals surface area contributed by atoms with E-state index in [1.165, 1.54) is 12.3 Å². The molecule has 0 amide bonds. The second-order valence-electron chi connectivity index (χ2n) is 6.66. The lowest BCUT2D eigenvalue weighted by molar-refractivity contribution is 0.476. The van der Waals surface area contributed by atoms with Crippen LogP contribution < -0.4 is 15.9 Å². The van der Waals surface area contributed by atoms with Gasteiger partial charge in [0.1, 0.15) is 5.75 Å². The van der Waals surface area contributed by atoms with Gasteiger partial charge in [0.05, 0.1) is 0 Å². The third kappa shape index (κ3) is 5.44. The Hall–Kier alpha value is -2.28. The monoisotopic (exact) mass is 334 g/mol. The first kappa shape index (κ1) is 18.8. The van der Waals surface area contributed by atoms with Gasteiger partial charge < -0.3 is 21.0 Å². The van der Waals surface area contributed by atoms with Crippen LogP contribution in [-0.2, 0) is 0 Å². The van der Waals surface area contributed by atoms with Crippen molar-refractivity contribution in [1.29, 1.82) is 0 Å². The fourth-order valence-corrected chi connectivity index (χ4v) is 2.35. The third-order valence-electron chi connectivity index (χ3n) is 3.79. The summed E-state index contributed by atoms with van der Waals surface area (Å²) in [4.78, 5) is 7.63. The smallest absolute Gasteiger partial charge is 0.250 e. The summed E-state index contributed by atoms with van der Waals surface area (Å²) in [7, 11) is -1.80. The SMILES string of the molecule is CC(C)(C)[Si](C)(C)Oc1cccnc1N.Nc1ncccc1O. The Kier molecular flexibility index (Phi) is 5.97. The molecule has 0 fully saturated rings. The van der Waals surface area contributed by atoms with Crippen molar-refractivity contribution in [3.8, 4) is 11.5 Å². The average molecular weight is 334 g/mol. The van der Waals surface area contributed by atoms with Gasteiger partial charge in [-0.15, -0.1) is 0 Å². The second kappa shape index (κ2) is 7.32. The van der Waals surface area contributed by atoms with Crippen molar-refractivity contribution in [2.45, 2.75) is 38.9 Å². The van der Waals surface area contributed by atoms with Gasteiger partial charge in [0.15, 0.2) is 17.4 Å². The molecule has 0 aliphatic rings. The topological polar surface area (TPSA) is 107 Å². The normalized spacial score (nSPS) is 11.3. The van der Waals surface area contributed by atoms with E-state index in [-0.39, 0.29) is 16.6 Å². The molecule has 0 saturated carbocycles. The number of nitrogens with zero attached hydrogens (tertiary/aromatic N) is 2. The van der Waals surface area contributed by atoms with E-state index in [4.69, 9.17) is 21.0 Å². The molecule has 0 aliphatic carbocycles. The van der Waals surface area contributed by atoms with Gasteiger partial charge in [-0.25, -0.2) is 9.97 Å². The van der Waals surface area contributed by atoms with Crippen molar-refractivity contribution in [1.82, 2.24) is 9.97 Å². The van der Waals surface area contributed by atoms with E-state index in [9.17, 15) is 0 Å². The van der Waals surface area contributed by atoms with Crippen LogP contribution >= 0.6 is 0 Å². The summed E-state index contributed by atoms with van der Waals surface area (Å²) in [6.45, 7) is 11.0. The van der Waals surface area contributed by atoms with Gasteiger partial charge in [0, 0.05) is 12.4 Å². The van der Waals surface area contributed by atoms with Gasteiger partial charge >= 0.3 is 0 Å². The van der Waals surface area contributed by atoms with Crippen LogP contribution in [-0.4, -0.2) is 23.4 Å². The van der Waals surface area contributed by atoms with E-state index in [0.717, 1.165) is 0 Å². The highest BCUT2D eigenvalue weighted by atomic mass is 28.4. The minimum atomic E-state index is -1.80. The number of rotatable bonds is 2. The number of nitrogens with two attached hydrogens (primary N) is 2. The quantitative estimate of drug-likeness (QED) is 0.726. The first-order chi connectivity index (χ1) is 10.5. The van der Waals surface area contributed by atoms with Crippen LogP contribution in [0.5, 0.6) is 11.5 Å². The van der Waals surface area contributed by atoms with Crippen molar-refractivity contribution in [2.24, 2.45) is 0 Å². The van der Waals surface area contributed by atoms with Gasteiger partial charge in [-0.05, 0) is 42.4 Å². The zero-order chi connectivity index (χ0) is 17.7. The Morgan fingerprint density at radius 2 is 1.52 bits per heavy atom. The summed E-state index contributed by atoms with van der Waals surface area (Å²) < 4.78 is 6.05. The summed E-state index contributed by atoms with van der Waals surface area (Å²) in [5.41, 5.74) is 10.9. The fraction of sp³-hybridized carbons (Fsp3) is 0.375. The van der Waals surface area contributed by atoms with Gasteiger partial charge in [0.25, 0.3) is 8.32 Å². The Morgan fingerprint density at radius 1 is 1.00 bits per heavy atom. The maximum absolute atomic E-state index is 8.73. The molecule has 6 nitrogen and oxygen atoms in total. The van der Waals surface area contributed by atoms with E-state index in [2.05, 4.69) is 43.8 Å². The summed E-state index contributed by atoms with van der Waals surface area (Å²) >= 11 is 0. The summed E-state index contributed by atoms with van der Waals surface area (Å²) in [5, 5.41) is 8.91. The molecule has 23 heavy (non-hydrogen) atoms. The van der Waals surface area contributed by atoms with Crippen LogP contribution in [0, 0.1) is 0 Å². The van der Waals surface area contributed by atoms with Crippen molar-refractivity contribution >= 4 is 20.0 Å². The molecule has 2 aromatic rings. The zero-order valence-corrected chi connectivity index (χ0v) is 15.4. The van der Waals surface area contributed by atoms with Crippen LogP contribution in [0.3, 0.4) is 0 Å². The first-order valence-electron chi connectivity index (χ1n) is 7.33. The standard InChI is InChI=1S/C11H20N2OSi.C5H6N2O/c1-11(2,3)15(4,5)14-9-7-6-8-13-10(9)12;6-5-4(8)2-1-3-7-5/h6-8H,1-5H3,(H2,12,13);1-3,8H,(H2,6,7). The maximum atomic E-state index is 8.73. The van der Waals surface area contributed by atoms with Crippen molar-refractivity contribution in [3.05, 3.63) is 36.7 Å². The molecule has 7 heteroatoms. The number of nitrogen functional groups attached to an aromatic ring is 2. The van der Waals surface area contributed by atoms with Gasteiger partial charge in [-0.1, -0.05) is 20.8 Å². The Bertz CT molecular complexity index is 621. The maximum Gasteiger partial charge on any atom is 0.250 e. The van der Waals surface area contributed by atoms with E-state index in [1.807, 2.05) is 12.1 Å². The lowest BCUT2D eigenvalue weighted by Gasteiger charge is -2.36. The highest BCUT2D eigenvalue weighted by Crippen LogP contribution is 2.38. The minimum Gasteiger partial charge on any atom is -0.541 e. The van der Waals surface area contributed by atoms with Crippen LogP contribution in [0.25, 0.3) is 0 Å². The summed E-state index contributed by atoms with van der Waals surface area (Å²) in [6.07, 6.45) is 3.20. The molecular formula is C16H26N4O2Si. The molecule has 0 aromatic carbocycles. The average Bonchev–Trinajstić information content (AvgIpc) is 2.44. The second-order valence-corrected chi connectivity index (χ2v) is 11.4. The molecule has 2 aromatic heterocycles. The Morgan fingerprint density at radius 3 is 1.91 bits per heavy atom. The number of aromatic nitrogens is 2. The molecule has 5 N–H and O–H groups in total. The molecule has 2 rings (SSSR count). The highest BCUT2D eigenvalue weighted by Gasteiger charge is 2.39. The Labute approximate surface area is 138 Å². The number of pyridine rings is 2. The molecule has 126 valence electrons. The lowest BCUT2D eigenvalue weighted by atomic mass is 10.2. The number of hydrogen-bond donors (Lipinski definition) is 3. The van der Waals surface area contributed by atoms with Crippen LogP contribution in [0.1, 0.15) is 20.8 Å². The number of aromatic hydroxyl groups is 1. The zero-order valence-electron chi connectivity index (χ0n) is 14.4. The number of hydrogen-bond acceptors (Lipinski definition) is 6. The van der Waals surface area contributed by atoms with Crippen molar-refractivity contribution in [3.63, 3.8) is 0 Å². The van der Waals surface area contributed by atoms with Crippen LogP contribution in [0.2, 0.25) is 18.1 Å². The molecule has 0 bridgehead atoms. The van der Waals surface area contributed by atoms with Crippen LogP contribution in [0.4, 0.5) is 11.6 Å². The van der Waals surface area contributed by atoms with E-state index < -0.39 is 8.32 Å². The van der Waals surface area contributed by atoms with Crippen molar-refractivity contribution < 1.29 is 9.53 Å². The van der Waals surface area contributed by atoms with Gasteiger partial charge in [-0.3, -0.25) is 0 Å². The molecule has 0 saturated heterocycles. The van der Waals surface area contributed by atoms with Gasteiger partial charge in [-0.2, -0.15) is 0 Å². The first-order valence-corrected chi connectivity index (χ1v) is 10.2. The molecule has 2 heterocycles. The molecule has 0 radical (unpaired) electrons. The highest BCUT2D eigenvalue weighted by molar-refractivity contribution is 6.74. The Balaban J connectivity index is 0.000000277. The molecule has 0 aliphatic heterocycles. The largest absolute Gasteiger partial charge is 0.541 e. The van der Waals surface area contributed by atoms with E-state index in [0.29, 0.717) is 11.6 Å². The molecule has 0 atom stereocenters. The van der Waals surface area contributed by atoms with E-state index in [1.54, 1.807) is 12.3 Å². The van der Waals surface area contributed by atoms with Crippen LogP contribution in [0.15, 0.2) is 36.7 Å². The molecule has 0 spiro atoms. The summed E-state index contributed by atoms with van der Waals surface area (Å²) in [5.74, 6) is 1.39. The van der Waals surface area contributed by atoms with E-state index >= 15 is 0 Å². The minimum absolute atomic E-state index is 0.0347. The predicted molar refractivity (Wildman–Crippen MR) is 96.8 cm³/mol. The molecule has 0 unspecified atom stereocenters. The van der Waals surface area contributed by atoms with Crippen molar-refractivity contribution in [2.75, 3.05) is 11.5 Å². The fourth-order valence-electron chi connectivity index (χ4n) is 1.33. The molecular weight excluding hydrogens is 308 g/mol. The number of anilines is 2. The van der Waals surface area contributed by atoms with Gasteiger partial charge in [0.2, 0.25) is 0 Å². The third-order valence-corrected chi connectivity index (χ3v) is 8.13. The summed E-state index contributed by atoms with van der Waals surface area (Å²) in [6, 6.07) is 6.83.